The summed E-state index contributed by atoms with van der Waals surface area (Å²) in [6.07, 6.45) is 1.92. The van der Waals surface area contributed by atoms with Gasteiger partial charge in [0.25, 0.3) is 11.5 Å². The second-order valence-corrected chi connectivity index (χ2v) is 4.52. The number of amides is 1. The molecule has 2 heterocycles. The summed E-state index contributed by atoms with van der Waals surface area (Å²) < 4.78 is 5.29. The molecule has 98 valence electrons. The van der Waals surface area contributed by atoms with Crippen LogP contribution in [0.15, 0.2) is 16.9 Å². The van der Waals surface area contributed by atoms with Gasteiger partial charge in [-0.05, 0) is 31.7 Å². The summed E-state index contributed by atoms with van der Waals surface area (Å²) >= 11 is 0. The van der Waals surface area contributed by atoms with Crippen LogP contribution >= 0.6 is 0 Å². The Morgan fingerprint density at radius 1 is 1.50 bits per heavy atom. The second-order valence-electron chi connectivity index (χ2n) is 4.52. The average molecular weight is 251 g/mol. The van der Waals surface area contributed by atoms with Crippen molar-refractivity contribution in [3.8, 4) is 0 Å². The maximum Gasteiger partial charge on any atom is 0.271 e. The first-order valence-electron chi connectivity index (χ1n) is 6.11. The van der Waals surface area contributed by atoms with Crippen LogP contribution in [-0.4, -0.2) is 35.4 Å². The number of aromatic nitrogens is 2. The normalized spacial score (nSPS) is 18.3. The van der Waals surface area contributed by atoms with E-state index in [1.807, 2.05) is 6.92 Å². The smallest absolute Gasteiger partial charge is 0.271 e. The van der Waals surface area contributed by atoms with Crippen molar-refractivity contribution >= 4 is 5.91 Å². The molecule has 18 heavy (non-hydrogen) atoms. The lowest BCUT2D eigenvalue weighted by Crippen LogP contribution is -2.40. The summed E-state index contributed by atoms with van der Waals surface area (Å²) in [5.41, 5.74) is -0.0856. The van der Waals surface area contributed by atoms with E-state index in [0.717, 1.165) is 26.1 Å². The summed E-state index contributed by atoms with van der Waals surface area (Å²) in [5, 5.41) is 8.86. The number of carbonyl (C=O) groups is 1. The van der Waals surface area contributed by atoms with Crippen molar-refractivity contribution in [2.75, 3.05) is 13.2 Å². The van der Waals surface area contributed by atoms with E-state index in [9.17, 15) is 9.59 Å². The van der Waals surface area contributed by atoms with Gasteiger partial charge < -0.3 is 10.1 Å². The first kappa shape index (κ1) is 12.8. The third kappa shape index (κ3) is 3.16. The molecule has 0 spiro atoms. The van der Waals surface area contributed by atoms with Gasteiger partial charge in [0, 0.05) is 25.3 Å². The molecule has 1 aliphatic rings. The van der Waals surface area contributed by atoms with Crippen molar-refractivity contribution in [1.29, 1.82) is 0 Å². The predicted molar refractivity (Wildman–Crippen MR) is 65.3 cm³/mol. The van der Waals surface area contributed by atoms with Crippen LogP contribution in [0, 0.1) is 5.92 Å². The van der Waals surface area contributed by atoms with E-state index in [1.165, 1.54) is 12.1 Å². The number of nitrogens with one attached hydrogen (secondary N) is 2. The first-order valence-corrected chi connectivity index (χ1v) is 6.11. The van der Waals surface area contributed by atoms with Crippen LogP contribution in [0.2, 0.25) is 0 Å². The Hall–Kier alpha value is -1.69. The number of rotatable bonds is 3. The molecule has 1 aliphatic heterocycles. The Morgan fingerprint density at radius 3 is 2.83 bits per heavy atom. The highest BCUT2D eigenvalue weighted by atomic mass is 16.5. The Morgan fingerprint density at radius 2 is 2.22 bits per heavy atom. The predicted octanol–water partition coefficient (Wildman–Crippen LogP) is 0.315. The van der Waals surface area contributed by atoms with E-state index in [2.05, 4.69) is 15.5 Å². The van der Waals surface area contributed by atoms with Gasteiger partial charge in [0.2, 0.25) is 0 Å². The van der Waals surface area contributed by atoms with Crippen LogP contribution in [-0.2, 0) is 4.74 Å². The fourth-order valence-corrected chi connectivity index (χ4v) is 2.09. The fourth-order valence-electron chi connectivity index (χ4n) is 2.09. The monoisotopic (exact) mass is 251 g/mol. The molecule has 0 radical (unpaired) electrons. The summed E-state index contributed by atoms with van der Waals surface area (Å²) in [4.78, 5) is 22.7. The fraction of sp³-hybridized carbons (Fsp3) is 0.583. The first-order chi connectivity index (χ1) is 8.66. The van der Waals surface area contributed by atoms with E-state index >= 15 is 0 Å². The molecule has 1 aromatic heterocycles. The SMILES string of the molecule is CC(NC(=O)c1ccc(=O)[nH]n1)C1CCOCC1. The Kier molecular flexibility index (Phi) is 4.09. The van der Waals surface area contributed by atoms with Gasteiger partial charge in [0.05, 0.1) is 0 Å². The number of H-pyrrole nitrogens is 1. The van der Waals surface area contributed by atoms with Gasteiger partial charge in [-0.2, -0.15) is 5.10 Å². The summed E-state index contributed by atoms with van der Waals surface area (Å²) in [5.74, 6) is 0.177. The lowest BCUT2D eigenvalue weighted by Gasteiger charge is -2.28. The number of ether oxygens (including phenoxy) is 1. The van der Waals surface area contributed by atoms with Gasteiger partial charge >= 0.3 is 0 Å². The minimum atomic E-state index is -0.316. The molecule has 1 saturated heterocycles. The molecular formula is C12H17N3O3. The molecular weight excluding hydrogens is 234 g/mol. The van der Waals surface area contributed by atoms with E-state index in [4.69, 9.17) is 4.74 Å². The van der Waals surface area contributed by atoms with Crippen molar-refractivity contribution in [2.45, 2.75) is 25.8 Å². The molecule has 0 bridgehead atoms. The maximum absolute atomic E-state index is 11.9. The zero-order valence-corrected chi connectivity index (χ0v) is 10.3. The molecule has 6 nitrogen and oxygen atoms in total. The van der Waals surface area contributed by atoms with Crippen molar-refractivity contribution in [3.63, 3.8) is 0 Å². The molecule has 2 rings (SSSR count). The van der Waals surface area contributed by atoms with Gasteiger partial charge in [-0.1, -0.05) is 0 Å². The molecule has 0 saturated carbocycles. The highest BCUT2D eigenvalue weighted by molar-refractivity contribution is 5.92. The topological polar surface area (TPSA) is 84.1 Å². The molecule has 1 fully saturated rings. The molecule has 2 N–H and O–H groups in total. The summed E-state index contributed by atoms with van der Waals surface area (Å²) in [6.45, 7) is 3.49. The Bertz CT molecular complexity index is 445. The highest BCUT2D eigenvalue weighted by Crippen LogP contribution is 2.18. The van der Waals surface area contributed by atoms with Crippen LogP contribution in [0.3, 0.4) is 0 Å². The molecule has 0 aromatic carbocycles. The Balaban J connectivity index is 1.93. The summed E-state index contributed by atoms with van der Waals surface area (Å²) in [6, 6.07) is 2.79. The standard InChI is InChI=1S/C12H17N3O3/c1-8(9-4-6-18-7-5-9)13-12(17)10-2-3-11(16)15-14-10/h2-3,8-9H,4-7H2,1H3,(H,13,17)(H,15,16). The molecule has 1 atom stereocenters. The van der Waals surface area contributed by atoms with Crippen molar-refractivity contribution in [3.05, 3.63) is 28.2 Å². The van der Waals surface area contributed by atoms with E-state index < -0.39 is 0 Å². The van der Waals surface area contributed by atoms with Crippen LogP contribution in [0.1, 0.15) is 30.3 Å². The van der Waals surface area contributed by atoms with Crippen LogP contribution in [0.5, 0.6) is 0 Å². The zero-order chi connectivity index (χ0) is 13.0. The second kappa shape index (κ2) is 5.77. The van der Waals surface area contributed by atoms with Gasteiger partial charge in [-0.3, -0.25) is 9.59 Å². The van der Waals surface area contributed by atoms with Gasteiger partial charge in [0.1, 0.15) is 5.69 Å². The van der Waals surface area contributed by atoms with Crippen molar-refractivity contribution in [2.24, 2.45) is 5.92 Å². The largest absolute Gasteiger partial charge is 0.381 e. The highest BCUT2D eigenvalue weighted by Gasteiger charge is 2.22. The lowest BCUT2D eigenvalue weighted by atomic mass is 9.93. The quantitative estimate of drug-likeness (QED) is 0.810. The number of aromatic amines is 1. The maximum atomic E-state index is 11.9. The van der Waals surface area contributed by atoms with E-state index in [-0.39, 0.29) is 23.2 Å². The third-order valence-corrected chi connectivity index (χ3v) is 3.24. The van der Waals surface area contributed by atoms with Crippen molar-refractivity contribution < 1.29 is 9.53 Å². The van der Waals surface area contributed by atoms with Crippen molar-refractivity contribution in [1.82, 2.24) is 15.5 Å². The van der Waals surface area contributed by atoms with Crippen LogP contribution in [0.4, 0.5) is 0 Å². The van der Waals surface area contributed by atoms with Gasteiger partial charge in [-0.25, -0.2) is 5.10 Å². The average Bonchev–Trinajstić information content (AvgIpc) is 2.40. The summed E-state index contributed by atoms with van der Waals surface area (Å²) in [7, 11) is 0. The van der Waals surface area contributed by atoms with E-state index in [0.29, 0.717) is 5.92 Å². The van der Waals surface area contributed by atoms with E-state index in [1.54, 1.807) is 0 Å². The third-order valence-electron chi connectivity index (χ3n) is 3.24. The molecule has 1 unspecified atom stereocenters. The molecule has 1 aromatic rings. The number of hydrogen-bond acceptors (Lipinski definition) is 4. The lowest BCUT2D eigenvalue weighted by molar-refractivity contribution is 0.0537. The molecule has 1 amide bonds. The zero-order valence-electron chi connectivity index (χ0n) is 10.3. The van der Waals surface area contributed by atoms with Crippen LogP contribution < -0.4 is 10.9 Å². The Labute approximate surface area is 105 Å². The number of hydrogen-bond donors (Lipinski definition) is 2. The molecule has 0 aliphatic carbocycles. The van der Waals surface area contributed by atoms with Gasteiger partial charge in [-0.15, -0.1) is 0 Å². The van der Waals surface area contributed by atoms with Gasteiger partial charge in [0.15, 0.2) is 0 Å². The number of carbonyl (C=O) groups excluding carboxylic acids is 1. The molecule has 6 heteroatoms. The number of nitrogens with zero attached hydrogens (tertiary/aromatic N) is 1. The minimum absolute atomic E-state index is 0.0788. The van der Waals surface area contributed by atoms with Crippen LogP contribution in [0.25, 0.3) is 0 Å². The minimum Gasteiger partial charge on any atom is -0.381 e.